The van der Waals surface area contributed by atoms with Gasteiger partial charge in [0.05, 0.1) is 22.9 Å². The van der Waals surface area contributed by atoms with Crippen molar-refractivity contribution < 1.29 is 54.2 Å². The molecule has 5 rings (SSSR count). The van der Waals surface area contributed by atoms with Gasteiger partial charge in [-0.3, -0.25) is 14.3 Å². The van der Waals surface area contributed by atoms with Crippen molar-refractivity contribution in [2.45, 2.75) is 69.6 Å². The Hall–Kier alpha value is -5.37. The minimum Gasteiger partial charge on any atom is -0.378 e. The maximum atomic E-state index is 15.0. The van der Waals surface area contributed by atoms with Gasteiger partial charge in [0, 0.05) is 24.5 Å². The molecule has 0 bridgehead atoms. The summed E-state index contributed by atoms with van der Waals surface area (Å²) in [4.78, 5) is 30.0. The number of nitrogens with two attached hydrogens (primary N) is 1. The Labute approximate surface area is 289 Å². The number of carbonyl (C=O) groups excluding carboxylic acids is 2. The molecule has 1 atom stereocenters. The number of carbonyl (C=O) groups is 2. The summed E-state index contributed by atoms with van der Waals surface area (Å²) in [7, 11) is 0. The van der Waals surface area contributed by atoms with E-state index in [0.717, 1.165) is 24.3 Å². The predicted molar refractivity (Wildman–Crippen MR) is 166 cm³/mol. The van der Waals surface area contributed by atoms with Gasteiger partial charge in [0.2, 0.25) is 5.91 Å². The molecule has 8 nitrogen and oxygen atoms in total. The fourth-order valence-electron chi connectivity index (χ4n) is 5.75. The molecular weight excluding hydrogens is 709 g/mol. The Bertz CT molecular complexity index is 2100. The zero-order valence-corrected chi connectivity index (χ0v) is 27.2. The monoisotopic (exact) mass is 737 g/mol. The van der Waals surface area contributed by atoms with Crippen LogP contribution in [-0.4, -0.2) is 37.3 Å². The average molecular weight is 738 g/mol. The number of nitrogens with zero attached hydrogens (tertiary/aromatic N) is 3. The molecule has 1 unspecified atom stereocenters. The number of aromatic nitrogens is 3. The molecule has 274 valence electrons. The van der Waals surface area contributed by atoms with E-state index in [1.807, 2.05) is 0 Å². The number of halogens is 9. The van der Waals surface area contributed by atoms with Crippen LogP contribution in [0.1, 0.15) is 83.4 Å². The fraction of sp³-hybridized carbons (Fsp3) is 0.314. The third-order valence-electron chi connectivity index (χ3n) is 7.94. The van der Waals surface area contributed by atoms with Crippen molar-refractivity contribution in [3.05, 3.63) is 105 Å². The van der Waals surface area contributed by atoms with Crippen LogP contribution in [0.25, 0.3) is 11.1 Å². The number of hydrogen-bond acceptors (Lipinski definition) is 5. The Morgan fingerprint density at radius 3 is 2.25 bits per heavy atom. The molecule has 0 saturated heterocycles. The number of benzene rings is 2. The highest BCUT2D eigenvalue weighted by Gasteiger charge is 2.55. The summed E-state index contributed by atoms with van der Waals surface area (Å²) in [6.07, 6.45) is -7.05. The van der Waals surface area contributed by atoms with E-state index in [1.165, 1.54) is 32.0 Å². The minimum absolute atomic E-state index is 0.0348. The van der Waals surface area contributed by atoms with Gasteiger partial charge in [0.1, 0.15) is 46.7 Å². The Morgan fingerprint density at radius 1 is 0.981 bits per heavy atom. The quantitative estimate of drug-likeness (QED) is 0.132. The molecule has 4 aromatic rings. The van der Waals surface area contributed by atoms with Crippen molar-refractivity contribution in [3.8, 4) is 23.0 Å². The maximum absolute atomic E-state index is 15.0. The summed E-state index contributed by atoms with van der Waals surface area (Å²) in [5.74, 6) is -8.45. The first-order valence-electron chi connectivity index (χ1n) is 15.4. The summed E-state index contributed by atoms with van der Waals surface area (Å²) in [6.45, 7) is 1.45. The van der Waals surface area contributed by atoms with Crippen LogP contribution in [0.5, 0.6) is 0 Å². The van der Waals surface area contributed by atoms with Crippen LogP contribution in [-0.2, 0) is 29.6 Å². The number of rotatable bonds is 9. The van der Waals surface area contributed by atoms with Crippen molar-refractivity contribution in [1.82, 2.24) is 20.1 Å². The largest absolute Gasteiger partial charge is 0.378 e. The summed E-state index contributed by atoms with van der Waals surface area (Å²) in [5, 5.41) is 15.8. The van der Waals surface area contributed by atoms with Gasteiger partial charge >= 0.3 is 0 Å². The summed E-state index contributed by atoms with van der Waals surface area (Å²) in [6, 6.07) is 6.81. The molecule has 2 amide bonds. The van der Waals surface area contributed by atoms with E-state index in [1.54, 1.807) is 0 Å². The predicted octanol–water partition coefficient (Wildman–Crippen LogP) is 6.60. The van der Waals surface area contributed by atoms with Gasteiger partial charge in [0.25, 0.3) is 24.2 Å². The average Bonchev–Trinajstić information content (AvgIpc) is 3.43. The minimum atomic E-state index is -4.11. The van der Waals surface area contributed by atoms with Gasteiger partial charge < -0.3 is 16.2 Å². The number of hydrogen-bond donors (Lipinski definition) is 3. The molecule has 0 aliphatic heterocycles. The van der Waals surface area contributed by atoms with Crippen LogP contribution in [0.4, 0.5) is 39.5 Å². The number of fused-ring (bicyclic) bond motifs is 1. The molecule has 2 aromatic carbocycles. The maximum Gasteiger partial charge on any atom is 0.290 e. The van der Waals surface area contributed by atoms with E-state index in [0.29, 0.717) is 6.07 Å². The Kier molecular flexibility index (Phi) is 10.2. The highest BCUT2D eigenvalue weighted by molar-refractivity contribution is 5.94. The van der Waals surface area contributed by atoms with Crippen LogP contribution >= 0.6 is 0 Å². The lowest BCUT2D eigenvalue weighted by Gasteiger charge is -2.29. The van der Waals surface area contributed by atoms with Gasteiger partial charge in [-0.1, -0.05) is 12.0 Å². The molecule has 0 fully saturated rings. The molecule has 2 heterocycles. The first-order chi connectivity index (χ1) is 24.1. The molecule has 52 heavy (non-hydrogen) atoms. The molecule has 0 saturated carbocycles. The zero-order chi connectivity index (χ0) is 38.3. The number of nitrogens with one attached hydrogen (secondary N) is 1. The molecule has 0 spiro atoms. The number of amides is 2. The number of primary amides is 1. The van der Waals surface area contributed by atoms with Gasteiger partial charge in [-0.15, -0.1) is 0 Å². The highest BCUT2D eigenvalue weighted by atomic mass is 19.3. The van der Waals surface area contributed by atoms with E-state index in [4.69, 9.17) is 5.73 Å². The molecule has 17 heteroatoms. The van der Waals surface area contributed by atoms with Gasteiger partial charge in [-0.05, 0) is 73.7 Å². The van der Waals surface area contributed by atoms with Gasteiger partial charge in [-0.2, -0.15) is 13.9 Å². The standard InChI is InChI=1S/C35H28F9N5O3/c1-33(2,52)8-7-21-4-5-22(18-3-6-24(38)23(14-18)32(45)51)28(46-21)25(13-17-11-19(36)15-20(37)12-17)47-26(50)16-49-30-27(29(48-49)31(39)40)34(41,42)9-10-35(30,43)44/h3-6,11-12,14-15,25,31,52H,9-10,13,16H2,1-2H3,(H2,45,51)(H,47,50). The molecule has 1 aliphatic carbocycles. The first kappa shape index (κ1) is 37.9. The van der Waals surface area contributed by atoms with Crippen molar-refractivity contribution >= 4 is 11.8 Å². The van der Waals surface area contributed by atoms with E-state index in [-0.39, 0.29) is 32.8 Å². The van der Waals surface area contributed by atoms with Crippen molar-refractivity contribution in [1.29, 1.82) is 0 Å². The van der Waals surface area contributed by atoms with Crippen molar-refractivity contribution in [3.63, 3.8) is 0 Å². The topological polar surface area (TPSA) is 123 Å². The molecule has 2 aromatic heterocycles. The third-order valence-corrected chi connectivity index (χ3v) is 7.94. The zero-order valence-electron chi connectivity index (χ0n) is 27.2. The summed E-state index contributed by atoms with van der Waals surface area (Å²) >= 11 is 0. The lowest BCUT2D eigenvalue weighted by atomic mass is 9.89. The van der Waals surface area contributed by atoms with Crippen molar-refractivity contribution in [2.75, 3.05) is 0 Å². The summed E-state index contributed by atoms with van der Waals surface area (Å²) in [5.41, 5.74) is -1.72. The third kappa shape index (κ3) is 8.23. The SMILES string of the molecule is CC(C)(O)C#Cc1ccc(-c2ccc(F)c(C(N)=O)c2)c(C(Cc2cc(F)cc(F)c2)NC(=O)Cn2nc(C(F)F)c3c2C(F)(F)CCC3(F)F)n1. The smallest absolute Gasteiger partial charge is 0.290 e. The Balaban J connectivity index is 1.66. The van der Waals surface area contributed by atoms with Crippen LogP contribution in [0.15, 0.2) is 48.5 Å². The lowest BCUT2D eigenvalue weighted by Crippen LogP contribution is -2.37. The van der Waals surface area contributed by atoms with E-state index in [2.05, 4.69) is 27.2 Å². The second kappa shape index (κ2) is 14.0. The molecule has 1 aliphatic rings. The number of alkyl halides is 6. The van der Waals surface area contributed by atoms with Gasteiger partial charge in [-0.25, -0.2) is 35.7 Å². The van der Waals surface area contributed by atoms with Crippen LogP contribution in [0.2, 0.25) is 0 Å². The highest BCUT2D eigenvalue weighted by Crippen LogP contribution is 2.52. The first-order valence-corrected chi connectivity index (χ1v) is 15.4. The van der Waals surface area contributed by atoms with E-state index in [9.17, 15) is 45.4 Å². The lowest BCUT2D eigenvalue weighted by molar-refractivity contribution is -0.123. The fourth-order valence-corrected chi connectivity index (χ4v) is 5.75. The number of pyridine rings is 1. The Morgan fingerprint density at radius 2 is 1.63 bits per heavy atom. The molecule has 0 radical (unpaired) electrons. The van der Waals surface area contributed by atoms with Crippen LogP contribution in [0.3, 0.4) is 0 Å². The van der Waals surface area contributed by atoms with Crippen molar-refractivity contribution in [2.24, 2.45) is 5.73 Å². The molecule has 4 N–H and O–H groups in total. The van der Waals surface area contributed by atoms with E-state index < -0.39 is 108 Å². The van der Waals surface area contributed by atoms with Crippen LogP contribution < -0.4 is 11.1 Å². The van der Waals surface area contributed by atoms with E-state index >= 15 is 8.78 Å². The number of aliphatic hydroxyl groups is 1. The second-order valence-electron chi connectivity index (χ2n) is 12.6. The normalized spacial score (nSPS) is 15.4. The van der Waals surface area contributed by atoms with Crippen LogP contribution in [0, 0.1) is 29.3 Å². The molecular formula is C35H28F9N5O3. The summed E-state index contributed by atoms with van der Waals surface area (Å²) < 4.78 is 130. The van der Waals surface area contributed by atoms with Gasteiger partial charge in [0.15, 0.2) is 0 Å². The second-order valence-corrected chi connectivity index (χ2v) is 12.6.